The molecule has 0 saturated carbocycles. The van der Waals surface area contributed by atoms with Crippen LogP contribution in [0.15, 0.2) is 52.2 Å². The highest BCUT2D eigenvalue weighted by Gasteiger charge is 1.98. The van der Waals surface area contributed by atoms with Crippen molar-refractivity contribution < 1.29 is 4.84 Å². The first-order valence-corrected chi connectivity index (χ1v) is 5.00. The highest BCUT2D eigenvalue weighted by atomic mass is 16.7. The van der Waals surface area contributed by atoms with Crippen LogP contribution >= 0.6 is 0 Å². The van der Waals surface area contributed by atoms with Gasteiger partial charge in [0, 0.05) is 12.3 Å². The van der Waals surface area contributed by atoms with Gasteiger partial charge < -0.3 is 4.98 Å². The molecule has 0 bridgehead atoms. The van der Waals surface area contributed by atoms with Crippen molar-refractivity contribution in [3.05, 3.63) is 69.0 Å². The number of nitrogens with one attached hydrogen (secondary N) is 2. The van der Waals surface area contributed by atoms with Crippen LogP contribution in [0.1, 0.15) is 5.56 Å². The van der Waals surface area contributed by atoms with Crippen molar-refractivity contribution in [2.45, 2.75) is 6.61 Å². The lowest BCUT2D eigenvalue weighted by Gasteiger charge is -2.07. The summed E-state index contributed by atoms with van der Waals surface area (Å²) in [5, 5.41) is 0. The molecular formula is C11H11N3O3. The summed E-state index contributed by atoms with van der Waals surface area (Å²) in [5.41, 5.74) is 2.16. The molecule has 0 radical (unpaired) electrons. The van der Waals surface area contributed by atoms with Gasteiger partial charge in [0.15, 0.2) is 0 Å². The minimum Gasteiger partial charge on any atom is -0.312 e. The topological polar surface area (TPSA) is 76.1 Å². The molecule has 6 nitrogen and oxygen atoms in total. The van der Waals surface area contributed by atoms with Crippen LogP contribution in [0, 0.1) is 0 Å². The van der Waals surface area contributed by atoms with Crippen molar-refractivity contribution in [2.75, 3.05) is 5.59 Å². The molecule has 0 aliphatic carbocycles. The van der Waals surface area contributed by atoms with Crippen molar-refractivity contribution in [3.63, 3.8) is 0 Å². The van der Waals surface area contributed by atoms with E-state index in [2.05, 4.69) is 10.6 Å². The van der Waals surface area contributed by atoms with Gasteiger partial charge in [-0.25, -0.2) is 4.79 Å². The molecule has 0 amide bonds. The molecule has 1 aromatic carbocycles. The van der Waals surface area contributed by atoms with Gasteiger partial charge in [-0.3, -0.25) is 9.63 Å². The molecule has 6 heteroatoms. The van der Waals surface area contributed by atoms with Crippen molar-refractivity contribution in [1.82, 2.24) is 9.66 Å². The number of aromatic nitrogens is 2. The maximum atomic E-state index is 11.3. The number of H-pyrrole nitrogens is 1. The van der Waals surface area contributed by atoms with Crippen LogP contribution in [0.2, 0.25) is 0 Å². The van der Waals surface area contributed by atoms with Crippen LogP contribution in [0.5, 0.6) is 0 Å². The van der Waals surface area contributed by atoms with Gasteiger partial charge in [-0.1, -0.05) is 30.3 Å². The van der Waals surface area contributed by atoms with Gasteiger partial charge in [0.25, 0.3) is 5.56 Å². The second-order valence-corrected chi connectivity index (χ2v) is 3.32. The number of rotatable bonds is 4. The lowest BCUT2D eigenvalue weighted by atomic mass is 10.2. The monoisotopic (exact) mass is 233 g/mol. The maximum Gasteiger partial charge on any atom is 0.349 e. The second-order valence-electron chi connectivity index (χ2n) is 3.32. The Hall–Kier alpha value is -2.34. The number of nitrogens with zero attached hydrogens (tertiary/aromatic N) is 1. The molecule has 0 fully saturated rings. The Bertz CT molecular complexity index is 560. The van der Waals surface area contributed by atoms with Gasteiger partial charge >= 0.3 is 5.69 Å². The maximum absolute atomic E-state index is 11.3. The third kappa shape index (κ3) is 2.82. The van der Waals surface area contributed by atoms with Crippen LogP contribution in [0.3, 0.4) is 0 Å². The van der Waals surface area contributed by atoms with Crippen LogP contribution in [-0.2, 0) is 11.4 Å². The van der Waals surface area contributed by atoms with Crippen LogP contribution in [0.25, 0.3) is 0 Å². The Morgan fingerprint density at radius 1 is 1.18 bits per heavy atom. The fraction of sp³-hybridized carbons (Fsp3) is 0.0909. The zero-order valence-electron chi connectivity index (χ0n) is 8.92. The van der Waals surface area contributed by atoms with E-state index in [0.29, 0.717) is 0 Å². The first-order valence-electron chi connectivity index (χ1n) is 5.00. The molecule has 0 aliphatic heterocycles. The van der Waals surface area contributed by atoms with E-state index >= 15 is 0 Å². The minimum atomic E-state index is -0.578. The van der Waals surface area contributed by atoms with Crippen LogP contribution in [0.4, 0.5) is 0 Å². The van der Waals surface area contributed by atoms with Crippen LogP contribution in [-0.4, -0.2) is 9.66 Å². The molecule has 0 aliphatic rings. The smallest absolute Gasteiger partial charge is 0.312 e. The molecule has 0 unspecified atom stereocenters. The molecule has 2 rings (SSSR count). The third-order valence-electron chi connectivity index (χ3n) is 2.09. The molecule has 0 saturated heterocycles. The Morgan fingerprint density at radius 2 is 1.94 bits per heavy atom. The van der Waals surface area contributed by atoms with E-state index < -0.39 is 11.2 Å². The van der Waals surface area contributed by atoms with Crippen molar-refractivity contribution in [3.8, 4) is 0 Å². The van der Waals surface area contributed by atoms with E-state index in [1.165, 1.54) is 12.3 Å². The van der Waals surface area contributed by atoms with E-state index in [1.54, 1.807) is 0 Å². The second kappa shape index (κ2) is 5.13. The Morgan fingerprint density at radius 3 is 2.65 bits per heavy atom. The number of benzene rings is 1. The van der Waals surface area contributed by atoms with E-state index in [0.717, 1.165) is 10.2 Å². The summed E-state index contributed by atoms with van der Waals surface area (Å²) < 4.78 is 0.753. The quantitative estimate of drug-likeness (QED) is 0.740. The number of hydrogen-bond donors (Lipinski definition) is 2. The number of hydrogen-bond acceptors (Lipinski definition) is 4. The van der Waals surface area contributed by atoms with E-state index in [1.807, 2.05) is 30.3 Å². The molecule has 0 atom stereocenters. The highest BCUT2D eigenvalue weighted by Crippen LogP contribution is 1.98. The fourth-order valence-corrected chi connectivity index (χ4v) is 1.26. The normalized spacial score (nSPS) is 10.1. The summed E-state index contributed by atoms with van der Waals surface area (Å²) in [7, 11) is 0. The van der Waals surface area contributed by atoms with Crippen molar-refractivity contribution >= 4 is 0 Å². The molecule has 88 valence electrons. The van der Waals surface area contributed by atoms with E-state index in [-0.39, 0.29) is 6.61 Å². The zero-order chi connectivity index (χ0) is 12.1. The standard InChI is InChI=1S/C11H11N3O3/c15-10-6-7-12-11(16)14(10)13-17-8-9-4-2-1-3-5-9/h1-7,13H,8H2,(H,12,16). The summed E-state index contributed by atoms with van der Waals surface area (Å²) in [4.78, 5) is 29.9. The Kier molecular flexibility index (Phi) is 3.37. The predicted octanol–water partition coefficient (Wildman–Crippen LogP) is 0.212. The Balaban J connectivity index is 2.00. The van der Waals surface area contributed by atoms with E-state index in [9.17, 15) is 9.59 Å². The van der Waals surface area contributed by atoms with Gasteiger partial charge in [0.05, 0.1) is 0 Å². The zero-order valence-corrected chi connectivity index (χ0v) is 8.92. The fourth-order valence-electron chi connectivity index (χ4n) is 1.26. The molecule has 0 spiro atoms. The highest BCUT2D eigenvalue weighted by molar-refractivity contribution is 5.13. The van der Waals surface area contributed by atoms with Crippen molar-refractivity contribution in [1.29, 1.82) is 0 Å². The van der Waals surface area contributed by atoms with Gasteiger partial charge in [0.2, 0.25) is 0 Å². The van der Waals surface area contributed by atoms with Crippen molar-refractivity contribution in [2.24, 2.45) is 0 Å². The average Bonchev–Trinajstić information content (AvgIpc) is 2.34. The van der Waals surface area contributed by atoms with Gasteiger partial charge in [0.1, 0.15) is 6.61 Å². The number of aromatic amines is 1. The lowest BCUT2D eigenvalue weighted by Crippen LogP contribution is -2.40. The molecule has 1 aromatic heterocycles. The summed E-state index contributed by atoms with van der Waals surface area (Å²) in [6.45, 7) is 0.252. The van der Waals surface area contributed by atoms with Crippen LogP contribution < -0.4 is 16.8 Å². The first kappa shape index (κ1) is 11.2. The molecular weight excluding hydrogens is 222 g/mol. The summed E-state index contributed by atoms with van der Waals surface area (Å²) in [5.74, 6) is 0. The summed E-state index contributed by atoms with van der Waals surface area (Å²) >= 11 is 0. The lowest BCUT2D eigenvalue weighted by molar-refractivity contribution is 0.136. The largest absolute Gasteiger partial charge is 0.349 e. The SMILES string of the molecule is O=c1cc[nH]c(=O)n1NOCc1ccccc1. The van der Waals surface area contributed by atoms with Gasteiger partial charge in [-0.15, -0.1) is 4.68 Å². The molecule has 1 heterocycles. The molecule has 2 N–H and O–H groups in total. The van der Waals surface area contributed by atoms with E-state index in [4.69, 9.17) is 4.84 Å². The average molecular weight is 233 g/mol. The molecule has 2 aromatic rings. The summed E-state index contributed by atoms with van der Waals surface area (Å²) in [6, 6.07) is 10.6. The third-order valence-corrected chi connectivity index (χ3v) is 2.09. The summed E-state index contributed by atoms with van der Waals surface area (Å²) in [6.07, 6.45) is 1.28. The minimum absolute atomic E-state index is 0.252. The van der Waals surface area contributed by atoms with Gasteiger partial charge in [-0.05, 0) is 5.56 Å². The Labute approximate surface area is 96.4 Å². The first-order chi connectivity index (χ1) is 8.27. The van der Waals surface area contributed by atoms with Gasteiger partial charge in [-0.2, -0.15) is 5.59 Å². The molecule has 17 heavy (non-hydrogen) atoms. The predicted molar refractivity (Wildman–Crippen MR) is 61.9 cm³/mol.